The highest BCUT2D eigenvalue weighted by Crippen LogP contribution is 2.35. The van der Waals surface area contributed by atoms with Crippen molar-refractivity contribution in [3.63, 3.8) is 0 Å². The van der Waals surface area contributed by atoms with Crippen molar-refractivity contribution in [2.75, 3.05) is 19.5 Å². The predicted molar refractivity (Wildman–Crippen MR) is 271 cm³/mol. The number of carbonyl (C=O) groups is 1. The van der Waals surface area contributed by atoms with Gasteiger partial charge in [-0.05, 0) is 124 Å². The number of hydrogen-bond donors (Lipinski definition) is 3. The first kappa shape index (κ1) is 49.5. The molecule has 0 saturated heterocycles. The Morgan fingerprint density at radius 3 is 1.60 bits per heavy atom. The Bertz CT molecular complexity index is 3460. The highest BCUT2D eigenvalue weighted by Gasteiger charge is 2.13. The minimum atomic E-state index is -1.59. The minimum Gasteiger partial charge on any atom is -0.494 e. The van der Waals surface area contributed by atoms with Crippen molar-refractivity contribution >= 4 is 72.8 Å². The third-order valence-corrected chi connectivity index (χ3v) is 10.7. The monoisotopic (exact) mass is 1000 g/mol. The number of hydrogen-bond acceptors (Lipinski definition) is 11. The summed E-state index contributed by atoms with van der Waals surface area (Å²) < 4.78 is 50.8. The van der Waals surface area contributed by atoms with Gasteiger partial charge in [-0.2, -0.15) is 0 Å². The molecular formula is C53H40BBrF3N7O5. The molecule has 0 unspecified atom stereocenters. The van der Waals surface area contributed by atoms with Gasteiger partial charge in [0.25, 0.3) is 0 Å². The van der Waals surface area contributed by atoms with E-state index in [-0.39, 0.29) is 23.0 Å². The van der Waals surface area contributed by atoms with Gasteiger partial charge in [0.1, 0.15) is 59.0 Å². The second-order valence-corrected chi connectivity index (χ2v) is 15.8. The lowest BCUT2D eigenvalue weighted by molar-refractivity contribution is -0.111. The third kappa shape index (κ3) is 12.8. The fourth-order valence-corrected chi connectivity index (χ4v) is 7.49. The second-order valence-electron chi connectivity index (χ2n) is 14.9. The number of fused-ring (bicyclic) bond motifs is 3. The number of halogens is 4. The fraction of sp³-hybridized carbons (Fsp3) is 0.0377. The summed E-state index contributed by atoms with van der Waals surface area (Å²) in [5, 5.41) is 22.5. The summed E-state index contributed by atoms with van der Waals surface area (Å²) in [6, 6.07) is 37.1. The molecular weight excluding hydrogens is 962 g/mol. The average molecular weight is 1000 g/mol. The Balaban J connectivity index is 0.000000148. The van der Waals surface area contributed by atoms with Gasteiger partial charge in [0.15, 0.2) is 0 Å². The lowest BCUT2D eigenvalue weighted by atomic mass is 9.80. The van der Waals surface area contributed by atoms with Gasteiger partial charge in [0, 0.05) is 50.5 Å². The van der Waals surface area contributed by atoms with Crippen molar-refractivity contribution < 1.29 is 37.5 Å². The zero-order valence-corrected chi connectivity index (χ0v) is 38.9. The number of rotatable bonds is 8. The Kier molecular flexibility index (Phi) is 16.7. The summed E-state index contributed by atoms with van der Waals surface area (Å²) in [7, 11) is 1.63. The normalized spacial score (nSPS) is 10.4. The van der Waals surface area contributed by atoms with Crippen molar-refractivity contribution in [1.29, 1.82) is 0 Å². The van der Waals surface area contributed by atoms with E-state index in [1.807, 2.05) is 66.7 Å². The molecule has 0 aliphatic carbocycles. The molecule has 10 rings (SSSR count). The maximum Gasteiger partial charge on any atom is 0.488 e. The molecule has 0 saturated carbocycles. The van der Waals surface area contributed by atoms with E-state index in [1.165, 1.54) is 67.5 Å². The smallest absolute Gasteiger partial charge is 0.488 e. The zero-order valence-electron chi connectivity index (χ0n) is 37.3. The van der Waals surface area contributed by atoms with Crippen LogP contribution in [0, 0.1) is 17.5 Å². The van der Waals surface area contributed by atoms with E-state index in [0.717, 1.165) is 82.4 Å². The molecule has 0 spiro atoms. The first-order valence-corrected chi connectivity index (χ1v) is 21.8. The molecule has 0 atom stereocenters. The minimum absolute atomic E-state index is 0.167. The number of methoxy groups -OCH3 is 2. The van der Waals surface area contributed by atoms with Gasteiger partial charge < -0.3 is 24.8 Å². The number of anilines is 1. The van der Waals surface area contributed by atoms with Gasteiger partial charge in [-0.1, -0.05) is 71.0 Å². The van der Waals surface area contributed by atoms with Gasteiger partial charge in [0.05, 0.1) is 19.7 Å². The Morgan fingerprint density at radius 2 is 1.07 bits per heavy atom. The summed E-state index contributed by atoms with van der Waals surface area (Å²) in [4.78, 5) is 36.4. The molecule has 0 aliphatic rings. The van der Waals surface area contributed by atoms with Crippen LogP contribution in [0.3, 0.4) is 0 Å². The maximum absolute atomic E-state index is 13.7. The molecule has 3 N–H and O–H groups in total. The van der Waals surface area contributed by atoms with Crippen LogP contribution in [0.1, 0.15) is 0 Å². The molecule has 17 heteroatoms. The Hall–Kier alpha value is -8.38. The summed E-state index contributed by atoms with van der Waals surface area (Å²) in [5.74, 6) is 0.104. The Morgan fingerprint density at radius 1 is 0.586 bits per heavy atom. The van der Waals surface area contributed by atoms with Crippen molar-refractivity contribution in [3.05, 3.63) is 206 Å². The number of nitrogens with zero attached hydrogens (tertiary/aromatic N) is 6. The van der Waals surface area contributed by atoms with E-state index in [4.69, 9.17) is 19.5 Å². The summed E-state index contributed by atoms with van der Waals surface area (Å²) in [5.41, 5.74) is 8.22. The van der Waals surface area contributed by atoms with Crippen molar-refractivity contribution in [2.24, 2.45) is 0 Å². The first-order valence-electron chi connectivity index (χ1n) is 21.0. The van der Waals surface area contributed by atoms with E-state index in [2.05, 4.69) is 57.7 Å². The standard InChI is InChI=1S/C23H16FN3O.C15H11FN2O.C9H7BrN2O.C6H6BFO2/c1-2-22(28)27-20-8-4-6-16(11-20)21-12-17(15-5-3-7-19(24)10-15)9-18-13-25-14-26-23(18)21;1-19-14-7-11(10-3-2-4-13(16)6-10)5-12-8-17-9-18-15(12)14;1-13-8-3-7(10)2-6-4-11-5-12-9(6)8;8-6-3-1-2-5(4-6)7(9)10/h2-14H,1H2,(H,27,28);2-9H,1H3;2-5H,1H3;1-4,9-10H. The van der Waals surface area contributed by atoms with Crippen molar-refractivity contribution in [3.8, 4) is 44.9 Å². The molecule has 70 heavy (non-hydrogen) atoms. The lowest BCUT2D eigenvalue weighted by Gasteiger charge is -2.11. The molecule has 0 bridgehead atoms. The molecule has 0 aliphatic heterocycles. The maximum atomic E-state index is 13.7. The van der Waals surface area contributed by atoms with Gasteiger partial charge in [0.2, 0.25) is 5.91 Å². The molecule has 0 fully saturated rings. The second kappa shape index (κ2) is 23.6. The topological polar surface area (TPSA) is 165 Å². The molecule has 10 aromatic rings. The molecule has 0 radical (unpaired) electrons. The van der Waals surface area contributed by atoms with Crippen LogP contribution in [-0.2, 0) is 4.79 Å². The number of benzene rings is 7. The average Bonchev–Trinajstić information content (AvgIpc) is 3.38. The first-order chi connectivity index (χ1) is 33.9. The SMILES string of the molecule is C=CC(=O)Nc1cccc(-c2cc(-c3cccc(F)c3)cc3cncnc23)c1.COc1cc(-c2cccc(F)c2)cc2cncnc12.COc1cc(Br)cc2cncnc12.OB(O)c1cccc(F)c1. The van der Waals surface area contributed by atoms with Crippen LogP contribution in [0.25, 0.3) is 66.1 Å². The predicted octanol–water partition coefficient (Wildman–Crippen LogP) is 10.6. The molecule has 1 amide bonds. The van der Waals surface area contributed by atoms with E-state index >= 15 is 0 Å². The number of aromatic nitrogens is 6. The van der Waals surface area contributed by atoms with Crippen LogP contribution in [0.5, 0.6) is 11.5 Å². The molecule has 12 nitrogen and oxygen atoms in total. The zero-order chi connectivity index (χ0) is 49.6. The van der Waals surface area contributed by atoms with Gasteiger partial charge in [-0.25, -0.2) is 43.1 Å². The molecule has 3 aromatic heterocycles. The van der Waals surface area contributed by atoms with Gasteiger partial charge >= 0.3 is 7.12 Å². The molecule has 7 aromatic carbocycles. The van der Waals surface area contributed by atoms with Gasteiger partial charge in [-0.15, -0.1) is 0 Å². The quantitative estimate of drug-likeness (QED) is 0.0980. The summed E-state index contributed by atoms with van der Waals surface area (Å²) >= 11 is 3.39. The van der Waals surface area contributed by atoms with Crippen LogP contribution in [-0.4, -0.2) is 67.2 Å². The largest absolute Gasteiger partial charge is 0.494 e. The number of ether oxygens (including phenoxy) is 2. The lowest BCUT2D eigenvalue weighted by Crippen LogP contribution is -2.29. The van der Waals surface area contributed by atoms with E-state index in [1.54, 1.807) is 51.0 Å². The third-order valence-electron chi connectivity index (χ3n) is 10.2. The van der Waals surface area contributed by atoms with Crippen molar-refractivity contribution in [1.82, 2.24) is 29.9 Å². The number of nitrogens with one attached hydrogen (secondary N) is 1. The summed E-state index contributed by atoms with van der Waals surface area (Å²) in [6.07, 6.45) is 10.9. The van der Waals surface area contributed by atoms with E-state index in [0.29, 0.717) is 11.4 Å². The van der Waals surface area contributed by atoms with E-state index < -0.39 is 12.9 Å². The van der Waals surface area contributed by atoms with Crippen LogP contribution < -0.4 is 20.3 Å². The molecule has 348 valence electrons. The summed E-state index contributed by atoms with van der Waals surface area (Å²) in [6.45, 7) is 3.47. The number of amides is 1. The Labute approximate surface area is 408 Å². The van der Waals surface area contributed by atoms with E-state index in [9.17, 15) is 18.0 Å². The highest BCUT2D eigenvalue weighted by molar-refractivity contribution is 9.10. The fourth-order valence-electron chi connectivity index (χ4n) is 7.04. The van der Waals surface area contributed by atoms with Gasteiger partial charge in [-0.3, -0.25) is 4.79 Å². The van der Waals surface area contributed by atoms with Crippen LogP contribution in [0.2, 0.25) is 0 Å². The number of carbonyl (C=O) groups excluding carboxylic acids is 1. The van der Waals surface area contributed by atoms with Crippen LogP contribution >= 0.6 is 15.9 Å². The highest BCUT2D eigenvalue weighted by atomic mass is 79.9. The molecule has 3 heterocycles. The van der Waals surface area contributed by atoms with Crippen LogP contribution in [0.4, 0.5) is 18.9 Å². The van der Waals surface area contributed by atoms with Crippen LogP contribution in [0.15, 0.2) is 188 Å². The van der Waals surface area contributed by atoms with Crippen molar-refractivity contribution in [2.45, 2.75) is 0 Å².